The third-order valence-electron chi connectivity index (χ3n) is 8.11. The highest BCUT2D eigenvalue weighted by Gasteiger charge is 2.73. The number of aliphatic hydroxyl groups is 1. The van der Waals surface area contributed by atoms with Crippen LogP contribution in [0.15, 0.2) is 54.6 Å². The number of rotatable bonds is 7. The van der Waals surface area contributed by atoms with E-state index in [1.807, 2.05) is 54.3 Å². The second-order valence-corrected chi connectivity index (χ2v) is 12.4. The van der Waals surface area contributed by atoms with E-state index in [4.69, 9.17) is 4.74 Å². The summed E-state index contributed by atoms with van der Waals surface area (Å²) in [5.74, 6) is -1.89. The molecule has 4 aliphatic rings. The number of unbranched alkanes of at least 4 members (excludes halogenated alkanes) is 2. The lowest BCUT2D eigenvalue weighted by atomic mass is 9.74. The summed E-state index contributed by atoms with van der Waals surface area (Å²) in [6, 6.07) is 9.19. The summed E-state index contributed by atoms with van der Waals surface area (Å²) in [7, 11) is 0. The molecule has 5 atom stereocenters. The van der Waals surface area contributed by atoms with Crippen LogP contribution < -0.4 is 0 Å². The molecule has 7 nitrogen and oxygen atoms in total. The first-order valence-electron chi connectivity index (χ1n) is 13.4. The van der Waals surface area contributed by atoms with Crippen molar-refractivity contribution >= 4 is 29.5 Å². The van der Waals surface area contributed by atoms with E-state index in [2.05, 4.69) is 12.2 Å². The van der Waals surface area contributed by atoms with Gasteiger partial charge >= 0.3 is 5.97 Å². The van der Waals surface area contributed by atoms with Crippen molar-refractivity contribution in [3.8, 4) is 0 Å². The number of hydrogen-bond acceptors (Lipinski definition) is 6. The number of aliphatic hydroxyl groups excluding tert-OH is 1. The molecule has 2 fully saturated rings. The van der Waals surface area contributed by atoms with Crippen LogP contribution in [0.5, 0.6) is 0 Å². The highest BCUT2D eigenvalue weighted by molar-refractivity contribution is 8.02. The zero-order chi connectivity index (χ0) is 26.0. The van der Waals surface area contributed by atoms with Crippen LogP contribution >= 0.6 is 11.8 Å². The highest BCUT2D eigenvalue weighted by atomic mass is 32.2. The van der Waals surface area contributed by atoms with Crippen molar-refractivity contribution in [1.29, 1.82) is 0 Å². The molecule has 0 aromatic heterocycles. The van der Waals surface area contributed by atoms with Gasteiger partial charge in [0.1, 0.15) is 6.04 Å². The van der Waals surface area contributed by atoms with Gasteiger partial charge in [0.15, 0.2) is 0 Å². The van der Waals surface area contributed by atoms with Crippen molar-refractivity contribution in [2.24, 2.45) is 11.8 Å². The summed E-state index contributed by atoms with van der Waals surface area (Å²) < 4.78 is 4.17. The molecule has 198 valence electrons. The molecule has 0 aliphatic carbocycles. The van der Waals surface area contributed by atoms with Crippen molar-refractivity contribution in [3.63, 3.8) is 0 Å². The average Bonchev–Trinajstić information content (AvgIpc) is 3.24. The number of carbonyl (C=O) groups excluding carboxylic acids is 3. The Kier molecular flexibility index (Phi) is 7.50. The predicted octanol–water partition coefficient (Wildman–Crippen LogP) is 3.33. The van der Waals surface area contributed by atoms with Crippen molar-refractivity contribution in [1.82, 2.24) is 9.80 Å². The van der Waals surface area contributed by atoms with Gasteiger partial charge in [0.05, 0.1) is 23.2 Å². The number of amides is 2. The maximum absolute atomic E-state index is 14.3. The Balaban J connectivity index is 1.55. The first-order valence-corrected chi connectivity index (χ1v) is 14.2. The summed E-state index contributed by atoms with van der Waals surface area (Å²) >= 11 is 1.59. The fraction of sp³-hybridized carbons (Fsp3) is 0.552. The Morgan fingerprint density at radius 3 is 2.62 bits per heavy atom. The van der Waals surface area contributed by atoms with E-state index in [0.717, 1.165) is 24.8 Å². The summed E-state index contributed by atoms with van der Waals surface area (Å²) in [6.07, 6.45) is 11.9. The lowest BCUT2D eigenvalue weighted by Gasteiger charge is -2.37. The highest BCUT2D eigenvalue weighted by Crippen LogP contribution is 2.65. The minimum absolute atomic E-state index is 0.0770. The van der Waals surface area contributed by atoms with E-state index in [1.165, 1.54) is 0 Å². The summed E-state index contributed by atoms with van der Waals surface area (Å²) in [4.78, 5) is 45.5. The van der Waals surface area contributed by atoms with E-state index in [1.54, 1.807) is 16.7 Å². The standard InChI is InChI=1S/C29H36N2O5S/c1-28-14-7-3-10-19-36-27(35)23(28)22-25(33)31(17-8-4-9-18-32)24-26(34)30(16-11-15-29(22,24)37-28)20-21-12-5-2-6-13-21/h2,5-7,11-15,22-24,32H,3-4,8-10,16-20H2,1H3/b14-7-/t22-,23+,24?,28-,29-/m0/s1. The Morgan fingerprint density at radius 2 is 1.84 bits per heavy atom. The normalized spacial score (nSPS) is 34.1. The molecule has 5 rings (SSSR count). The van der Waals surface area contributed by atoms with Crippen LogP contribution in [0.1, 0.15) is 44.6 Å². The van der Waals surface area contributed by atoms with E-state index in [0.29, 0.717) is 39.1 Å². The minimum Gasteiger partial charge on any atom is -0.465 e. The number of fused-ring (bicyclic) bond motifs is 2. The Morgan fingerprint density at radius 1 is 1.03 bits per heavy atom. The molecule has 0 radical (unpaired) electrons. The van der Waals surface area contributed by atoms with E-state index in [9.17, 15) is 19.5 Å². The summed E-state index contributed by atoms with van der Waals surface area (Å²) in [5, 5.41) is 9.23. The van der Waals surface area contributed by atoms with Crippen molar-refractivity contribution in [2.45, 2.75) is 61.1 Å². The number of likely N-dealkylation sites (tertiary alicyclic amines) is 1. The fourth-order valence-electron chi connectivity index (χ4n) is 6.44. The number of allylic oxidation sites excluding steroid dienone is 1. The number of carbonyl (C=O) groups is 3. The molecule has 1 spiro atoms. The van der Waals surface area contributed by atoms with Gasteiger partial charge in [0.25, 0.3) is 0 Å². The van der Waals surface area contributed by atoms with E-state index in [-0.39, 0.29) is 24.4 Å². The Hall–Kier alpha value is -2.58. The second kappa shape index (κ2) is 10.7. The molecule has 1 aromatic carbocycles. The summed E-state index contributed by atoms with van der Waals surface area (Å²) in [5.41, 5.74) is 1.03. The molecular formula is C29H36N2O5S. The molecule has 4 aliphatic heterocycles. The molecular weight excluding hydrogens is 488 g/mol. The van der Waals surface area contributed by atoms with Crippen molar-refractivity contribution in [2.75, 3.05) is 26.3 Å². The number of ether oxygens (including phenoxy) is 1. The van der Waals surface area contributed by atoms with Crippen LogP contribution in [-0.2, 0) is 25.7 Å². The van der Waals surface area contributed by atoms with Gasteiger partial charge in [-0.15, -0.1) is 11.8 Å². The van der Waals surface area contributed by atoms with Gasteiger partial charge in [-0.25, -0.2) is 0 Å². The number of benzene rings is 1. The van der Waals surface area contributed by atoms with Gasteiger partial charge in [-0.2, -0.15) is 0 Å². The van der Waals surface area contributed by atoms with Crippen LogP contribution in [0.25, 0.3) is 0 Å². The predicted molar refractivity (Wildman–Crippen MR) is 142 cm³/mol. The molecule has 1 unspecified atom stereocenters. The maximum atomic E-state index is 14.3. The molecule has 8 heteroatoms. The van der Waals surface area contributed by atoms with Gasteiger partial charge < -0.3 is 19.6 Å². The largest absolute Gasteiger partial charge is 0.465 e. The van der Waals surface area contributed by atoms with Gasteiger partial charge in [-0.3, -0.25) is 14.4 Å². The van der Waals surface area contributed by atoms with Crippen LogP contribution in [0.2, 0.25) is 0 Å². The molecule has 37 heavy (non-hydrogen) atoms. The third-order valence-corrected chi connectivity index (χ3v) is 9.90. The molecule has 0 saturated carbocycles. The summed E-state index contributed by atoms with van der Waals surface area (Å²) in [6.45, 7) is 3.79. The lowest BCUT2D eigenvalue weighted by molar-refractivity contribution is -0.154. The molecule has 1 aromatic rings. The van der Waals surface area contributed by atoms with Crippen molar-refractivity contribution < 1.29 is 24.2 Å². The van der Waals surface area contributed by atoms with Crippen LogP contribution in [0.3, 0.4) is 0 Å². The number of thioether (sulfide) groups is 1. The second-order valence-electron chi connectivity index (χ2n) is 10.6. The topological polar surface area (TPSA) is 87.1 Å². The average molecular weight is 525 g/mol. The molecule has 2 saturated heterocycles. The van der Waals surface area contributed by atoms with Crippen LogP contribution in [-0.4, -0.2) is 74.5 Å². The number of hydrogen-bond donors (Lipinski definition) is 1. The van der Waals surface area contributed by atoms with Gasteiger partial charge in [0, 0.05) is 31.0 Å². The molecule has 2 amide bonds. The monoisotopic (exact) mass is 524 g/mol. The molecule has 1 N–H and O–H groups in total. The molecule has 0 bridgehead atoms. The van der Waals surface area contributed by atoms with Crippen LogP contribution in [0, 0.1) is 11.8 Å². The number of nitrogens with zero attached hydrogens (tertiary/aromatic N) is 2. The van der Waals surface area contributed by atoms with Crippen molar-refractivity contribution in [3.05, 3.63) is 60.2 Å². The zero-order valence-electron chi connectivity index (χ0n) is 21.4. The minimum atomic E-state index is -0.849. The van der Waals surface area contributed by atoms with Crippen LogP contribution in [0.4, 0.5) is 0 Å². The van der Waals surface area contributed by atoms with Gasteiger partial charge in [-0.1, -0.05) is 54.6 Å². The quantitative estimate of drug-likeness (QED) is 0.335. The number of esters is 1. The smallest absolute Gasteiger partial charge is 0.311 e. The van der Waals surface area contributed by atoms with Gasteiger partial charge in [0.2, 0.25) is 11.8 Å². The Labute approximate surface area is 222 Å². The maximum Gasteiger partial charge on any atom is 0.311 e. The third kappa shape index (κ3) is 4.63. The zero-order valence-corrected chi connectivity index (χ0v) is 22.2. The van der Waals surface area contributed by atoms with E-state index >= 15 is 0 Å². The lowest BCUT2D eigenvalue weighted by Crippen LogP contribution is -2.53. The SMILES string of the molecule is C[C@]12/C=C\CCCOC(=O)[C@H]1[C@H]1C(=O)N(CCCCCO)C3C(=O)N(Cc4ccccc4)CC=C[C@@]31S2. The fourth-order valence-corrected chi connectivity index (χ4v) is 8.59. The molecule has 4 heterocycles. The van der Waals surface area contributed by atoms with E-state index < -0.39 is 27.4 Å². The Bertz CT molecular complexity index is 1090. The first kappa shape index (κ1) is 26.0. The number of cyclic esters (lactones) is 1. The first-order chi connectivity index (χ1) is 17.9. The van der Waals surface area contributed by atoms with Gasteiger partial charge in [-0.05, 0) is 44.6 Å².